The van der Waals surface area contributed by atoms with E-state index in [0.717, 1.165) is 6.07 Å². The Labute approximate surface area is 200 Å². The van der Waals surface area contributed by atoms with Gasteiger partial charge in [0.15, 0.2) is 10.0 Å². The number of pyridine rings is 1. The van der Waals surface area contributed by atoms with Gasteiger partial charge >= 0.3 is 12.4 Å². The lowest BCUT2D eigenvalue weighted by Gasteiger charge is -2.18. The highest BCUT2D eigenvalue weighted by atomic mass is 32.1. The Bertz CT molecular complexity index is 1310. The lowest BCUT2D eigenvalue weighted by atomic mass is 9.98. The van der Waals surface area contributed by atoms with E-state index in [0.29, 0.717) is 21.8 Å². The maximum Gasteiger partial charge on any atom is 0.416 e. The summed E-state index contributed by atoms with van der Waals surface area (Å²) in [7, 11) is 0. The van der Waals surface area contributed by atoms with Crippen LogP contribution < -0.4 is 5.73 Å². The van der Waals surface area contributed by atoms with Crippen LogP contribution in [-0.2, 0) is 12.4 Å². The van der Waals surface area contributed by atoms with Crippen molar-refractivity contribution in [1.82, 2.24) is 15.2 Å². The second-order valence-electron chi connectivity index (χ2n) is 7.23. The molecule has 0 saturated carbocycles. The molecule has 0 amide bonds. The van der Waals surface area contributed by atoms with Crippen LogP contribution in [0.15, 0.2) is 58.9 Å². The predicted molar refractivity (Wildman–Crippen MR) is 120 cm³/mol. The van der Waals surface area contributed by atoms with Crippen LogP contribution in [0.5, 0.6) is 0 Å². The lowest BCUT2D eigenvalue weighted by molar-refractivity contribution is -0.143. The van der Waals surface area contributed by atoms with Gasteiger partial charge in [-0.15, -0.1) is 10.2 Å². The molecule has 0 bridgehead atoms. The topological polar surface area (TPSA) is 77.0 Å². The van der Waals surface area contributed by atoms with Crippen LogP contribution in [0.25, 0.3) is 10.7 Å². The van der Waals surface area contributed by atoms with Gasteiger partial charge in [0, 0.05) is 18.1 Å². The van der Waals surface area contributed by atoms with Crippen molar-refractivity contribution in [1.29, 1.82) is 0 Å². The molecule has 1 unspecified atom stereocenters. The van der Waals surface area contributed by atoms with Crippen molar-refractivity contribution >= 4 is 17.6 Å². The zero-order chi connectivity index (χ0) is 25.8. The molecule has 35 heavy (non-hydrogen) atoms. The van der Waals surface area contributed by atoms with Crippen molar-refractivity contribution in [3.05, 3.63) is 75.6 Å². The van der Waals surface area contributed by atoms with E-state index < -0.39 is 35.1 Å². The van der Waals surface area contributed by atoms with Gasteiger partial charge in [0.05, 0.1) is 22.7 Å². The number of nitrogens with two attached hydrogens (primary N) is 1. The molecule has 2 aromatic heterocycles. The minimum atomic E-state index is -4.99. The fourth-order valence-electron chi connectivity index (χ4n) is 2.83. The number of alkyl halides is 6. The molecule has 2 heterocycles. The highest BCUT2D eigenvalue weighted by Gasteiger charge is 2.38. The number of benzene rings is 1. The van der Waals surface area contributed by atoms with Crippen LogP contribution in [0.4, 0.5) is 26.3 Å². The van der Waals surface area contributed by atoms with E-state index in [1.54, 1.807) is 24.4 Å². The molecule has 0 saturated heterocycles. The Morgan fingerprint density at radius 3 is 2.43 bits per heavy atom. The van der Waals surface area contributed by atoms with Crippen LogP contribution in [-0.4, -0.2) is 21.4 Å². The number of hydrogen-bond acceptors (Lipinski definition) is 6. The Morgan fingerprint density at radius 1 is 1.09 bits per heavy atom. The molecular weight excluding hydrogens is 492 g/mol. The summed E-state index contributed by atoms with van der Waals surface area (Å²) >= 11 is 1.19. The maximum absolute atomic E-state index is 13.5. The number of rotatable bonds is 4. The summed E-state index contributed by atoms with van der Waals surface area (Å²) in [5.41, 5.74) is 3.70. The zero-order valence-electron chi connectivity index (χ0n) is 18.2. The molecule has 0 aliphatic carbocycles. The van der Waals surface area contributed by atoms with Crippen molar-refractivity contribution in [3.63, 3.8) is 0 Å². The molecule has 3 rings (SSSR count). The average molecular weight is 509 g/mol. The fourth-order valence-corrected chi connectivity index (χ4v) is 3.50. The molecule has 1 atom stereocenters. The third-order valence-corrected chi connectivity index (χ3v) is 5.46. The van der Waals surface area contributed by atoms with Crippen molar-refractivity contribution in [3.8, 4) is 22.5 Å². The number of hydrogen-bond donors (Lipinski definition) is 1. The molecule has 0 aliphatic heterocycles. The van der Waals surface area contributed by atoms with Crippen LogP contribution in [0, 0.1) is 11.8 Å². The summed E-state index contributed by atoms with van der Waals surface area (Å²) in [6, 6.07) is 5.65. The minimum absolute atomic E-state index is 0.0841. The third kappa shape index (κ3) is 6.66. The van der Waals surface area contributed by atoms with Crippen LogP contribution >= 0.6 is 11.3 Å². The van der Waals surface area contributed by atoms with Crippen LogP contribution in [0.3, 0.4) is 0 Å². The molecular formula is C23H17F6N5S. The standard InChI is InChI=1S/C23H17F6N5S/c1-13(30)15(6-9-20-33-34-21(35-20)19-5-3-4-10-31-19)12-32-14(2)17-8-7-16(22(24,25)26)11-18(17)23(27,28)29/h3-5,7-8,10-12,14H,30H2,1-2H3/b15-13-,32-12?. The Hall–Kier alpha value is -3.72. The van der Waals surface area contributed by atoms with Gasteiger partial charge in [-0.2, -0.15) is 26.3 Å². The molecule has 0 spiro atoms. The van der Waals surface area contributed by atoms with E-state index in [2.05, 4.69) is 32.0 Å². The van der Waals surface area contributed by atoms with Crippen LogP contribution in [0.2, 0.25) is 0 Å². The fraction of sp³-hybridized carbons (Fsp3) is 0.217. The summed E-state index contributed by atoms with van der Waals surface area (Å²) < 4.78 is 79.1. The third-order valence-electron chi connectivity index (χ3n) is 4.60. The van der Waals surface area contributed by atoms with Crippen LogP contribution in [0.1, 0.15) is 41.6 Å². The van der Waals surface area contributed by atoms with Gasteiger partial charge in [-0.3, -0.25) is 9.98 Å². The molecule has 0 fully saturated rings. The van der Waals surface area contributed by atoms with E-state index >= 15 is 0 Å². The van der Waals surface area contributed by atoms with Crippen molar-refractivity contribution in [2.45, 2.75) is 32.2 Å². The summed E-state index contributed by atoms with van der Waals surface area (Å²) in [6.07, 6.45) is -7.11. The van der Waals surface area contributed by atoms with Gasteiger partial charge in [-0.05, 0) is 49.6 Å². The van der Waals surface area contributed by atoms with Gasteiger partial charge in [0.2, 0.25) is 0 Å². The van der Waals surface area contributed by atoms with Gasteiger partial charge in [-0.1, -0.05) is 29.4 Å². The monoisotopic (exact) mass is 509 g/mol. The normalized spacial score (nSPS) is 13.8. The van der Waals surface area contributed by atoms with E-state index in [1.165, 1.54) is 31.4 Å². The zero-order valence-corrected chi connectivity index (χ0v) is 19.1. The maximum atomic E-state index is 13.5. The quantitative estimate of drug-likeness (QED) is 0.264. The first-order valence-electron chi connectivity index (χ1n) is 9.91. The molecule has 2 N–H and O–H groups in total. The number of nitrogens with zero attached hydrogens (tertiary/aromatic N) is 4. The smallest absolute Gasteiger partial charge is 0.401 e. The van der Waals surface area contributed by atoms with Gasteiger partial charge < -0.3 is 5.73 Å². The van der Waals surface area contributed by atoms with E-state index in [9.17, 15) is 26.3 Å². The first-order chi connectivity index (χ1) is 16.4. The van der Waals surface area contributed by atoms with Gasteiger partial charge in [0.1, 0.15) is 5.69 Å². The largest absolute Gasteiger partial charge is 0.416 e. The summed E-state index contributed by atoms with van der Waals surface area (Å²) in [6.45, 7) is 2.86. The second kappa shape index (κ2) is 10.3. The number of aromatic nitrogens is 3. The first-order valence-corrected chi connectivity index (χ1v) is 10.7. The number of halogens is 6. The summed E-state index contributed by atoms with van der Waals surface area (Å²) in [5.74, 6) is 5.53. The lowest BCUT2D eigenvalue weighted by Crippen LogP contribution is -2.14. The highest BCUT2D eigenvalue weighted by molar-refractivity contribution is 7.15. The van der Waals surface area contributed by atoms with Crippen molar-refractivity contribution < 1.29 is 26.3 Å². The molecule has 12 heteroatoms. The summed E-state index contributed by atoms with van der Waals surface area (Å²) in [5, 5.41) is 8.88. The minimum Gasteiger partial charge on any atom is -0.401 e. The number of aliphatic imine (C=N–C) groups is 1. The van der Waals surface area contributed by atoms with E-state index in [1.807, 2.05) is 0 Å². The SMILES string of the molecule is C/C(N)=C(\C#Cc1nnc(-c2ccccn2)s1)C=NC(C)c1ccc(C(F)(F)F)cc1C(F)(F)F. The number of allylic oxidation sites excluding steroid dienone is 2. The molecule has 5 nitrogen and oxygen atoms in total. The van der Waals surface area contributed by atoms with Gasteiger partial charge in [-0.25, -0.2) is 0 Å². The predicted octanol–water partition coefficient (Wildman–Crippen LogP) is 6.05. The highest BCUT2D eigenvalue weighted by Crippen LogP contribution is 2.39. The summed E-state index contributed by atoms with van der Waals surface area (Å²) in [4.78, 5) is 8.23. The first kappa shape index (κ1) is 25.9. The molecule has 0 aliphatic rings. The van der Waals surface area contributed by atoms with E-state index in [-0.39, 0.29) is 17.3 Å². The molecule has 0 radical (unpaired) electrons. The Morgan fingerprint density at radius 2 is 1.83 bits per heavy atom. The Kier molecular flexibility index (Phi) is 7.60. The van der Waals surface area contributed by atoms with Crippen molar-refractivity contribution in [2.24, 2.45) is 10.7 Å². The average Bonchev–Trinajstić information content (AvgIpc) is 3.26. The van der Waals surface area contributed by atoms with Crippen molar-refractivity contribution in [2.75, 3.05) is 0 Å². The molecule has 1 aromatic carbocycles. The molecule has 3 aromatic rings. The Balaban J connectivity index is 1.86. The van der Waals surface area contributed by atoms with E-state index in [4.69, 9.17) is 5.73 Å². The molecule has 182 valence electrons. The van der Waals surface area contributed by atoms with Gasteiger partial charge in [0.25, 0.3) is 0 Å². The second-order valence-corrected chi connectivity index (χ2v) is 8.20.